The maximum absolute atomic E-state index is 13.1. The van der Waals surface area contributed by atoms with Crippen molar-refractivity contribution in [2.75, 3.05) is 12.4 Å². The SMILES string of the molecule is CC(C(=O)OCCCc1ccccc1)c1ccc2c(c1)SCC1CCCCC1C2=O. The third-order valence-corrected chi connectivity index (χ3v) is 7.76. The van der Waals surface area contributed by atoms with Gasteiger partial charge in [0.25, 0.3) is 0 Å². The molecule has 1 heterocycles. The number of carbonyl (C=O) groups is 2. The molecule has 0 bridgehead atoms. The summed E-state index contributed by atoms with van der Waals surface area (Å²) in [7, 11) is 0. The van der Waals surface area contributed by atoms with Gasteiger partial charge in [-0.1, -0.05) is 49.2 Å². The van der Waals surface area contributed by atoms with Crippen LogP contribution in [0.4, 0.5) is 0 Å². The molecule has 2 aromatic rings. The molecule has 0 aromatic heterocycles. The summed E-state index contributed by atoms with van der Waals surface area (Å²) < 4.78 is 5.53. The van der Waals surface area contributed by atoms with E-state index in [1.807, 2.05) is 43.3 Å². The Balaban J connectivity index is 1.36. The number of hydrogen-bond acceptors (Lipinski definition) is 4. The molecule has 4 rings (SSSR count). The highest BCUT2D eigenvalue weighted by Crippen LogP contribution is 2.42. The lowest BCUT2D eigenvalue weighted by Crippen LogP contribution is -2.27. The van der Waals surface area contributed by atoms with Gasteiger partial charge in [-0.2, -0.15) is 0 Å². The average Bonchev–Trinajstić information content (AvgIpc) is 2.93. The maximum atomic E-state index is 13.1. The Morgan fingerprint density at radius 1 is 1.13 bits per heavy atom. The van der Waals surface area contributed by atoms with E-state index in [4.69, 9.17) is 4.74 Å². The van der Waals surface area contributed by atoms with Crippen molar-refractivity contribution in [3.63, 3.8) is 0 Å². The molecular weight excluding hydrogens is 392 g/mol. The van der Waals surface area contributed by atoms with Crippen molar-refractivity contribution in [3.05, 3.63) is 65.2 Å². The Bertz CT molecular complexity index is 892. The third kappa shape index (κ3) is 4.80. The minimum Gasteiger partial charge on any atom is -0.465 e. The van der Waals surface area contributed by atoms with Crippen LogP contribution in [-0.4, -0.2) is 24.1 Å². The second kappa shape index (κ2) is 9.82. The van der Waals surface area contributed by atoms with Crippen LogP contribution < -0.4 is 0 Å². The molecule has 3 unspecified atom stereocenters. The molecule has 158 valence electrons. The van der Waals surface area contributed by atoms with E-state index >= 15 is 0 Å². The number of carbonyl (C=O) groups excluding carboxylic acids is 2. The zero-order valence-corrected chi connectivity index (χ0v) is 18.5. The van der Waals surface area contributed by atoms with Gasteiger partial charge in [0.2, 0.25) is 0 Å². The molecule has 1 aliphatic heterocycles. The summed E-state index contributed by atoms with van der Waals surface area (Å²) in [5, 5.41) is 0. The number of aryl methyl sites for hydroxylation is 1. The van der Waals surface area contributed by atoms with Crippen LogP contribution in [0, 0.1) is 11.8 Å². The van der Waals surface area contributed by atoms with Gasteiger partial charge in [0.05, 0.1) is 12.5 Å². The second-order valence-electron chi connectivity index (χ2n) is 8.56. The van der Waals surface area contributed by atoms with Crippen LogP contribution in [0.2, 0.25) is 0 Å². The van der Waals surface area contributed by atoms with E-state index in [-0.39, 0.29) is 17.8 Å². The Morgan fingerprint density at radius 3 is 2.77 bits per heavy atom. The summed E-state index contributed by atoms with van der Waals surface area (Å²) in [6.07, 6.45) is 6.32. The smallest absolute Gasteiger partial charge is 0.313 e. The van der Waals surface area contributed by atoms with Gasteiger partial charge in [-0.05, 0) is 61.8 Å². The second-order valence-corrected chi connectivity index (χ2v) is 9.62. The van der Waals surface area contributed by atoms with Gasteiger partial charge in [0, 0.05) is 22.1 Å². The Labute approximate surface area is 183 Å². The number of ether oxygens (including phenoxy) is 1. The van der Waals surface area contributed by atoms with Crippen LogP contribution >= 0.6 is 11.8 Å². The van der Waals surface area contributed by atoms with E-state index < -0.39 is 0 Å². The third-order valence-electron chi connectivity index (χ3n) is 6.52. The van der Waals surface area contributed by atoms with Crippen molar-refractivity contribution < 1.29 is 14.3 Å². The first-order chi connectivity index (χ1) is 14.6. The van der Waals surface area contributed by atoms with Crippen molar-refractivity contribution in [2.45, 2.75) is 56.3 Å². The molecule has 2 aliphatic rings. The van der Waals surface area contributed by atoms with Crippen LogP contribution in [0.1, 0.15) is 66.4 Å². The van der Waals surface area contributed by atoms with E-state index in [1.54, 1.807) is 11.8 Å². The first kappa shape index (κ1) is 21.2. The van der Waals surface area contributed by atoms with Crippen LogP contribution in [0.25, 0.3) is 0 Å². The number of rotatable bonds is 6. The van der Waals surface area contributed by atoms with Crippen molar-refractivity contribution in [3.8, 4) is 0 Å². The molecule has 0 saturated heterocycles. The van der Waals surface area contributed by atoms with Crippen LogP contribution in [0.3, 0.4) is 0 Å². The standard InChI is InChI=1S/C26H30O3S/c1-18(26(28)29-15-7-10-19-8-3-2-4-9-19)20-13-14-23-24(16-20)30-17-21-11-5-6-12-22(21)25(23)27/h2-4,8-9,13-14,16,18,21-22H,5-7,10-12,15,17H2,1H3. The van der Waals surface area contributed by atoms with E-state index in [9.17, 15) is 9.59 Å². The first-order valence-corrected chi connectivity index (χ1v) is 12.1. The normalized spacial score (nSPS) is 21.8. The molecule has 0 amide bonds. The number of esters is 1. The summed E-state index contributed by atoms with van der Waals surface area (Å²) in [6, 6.07) is 16.2. The lowest BCUT2D eigenvalue weighted by atomic mass is 9.76. The highest BCUT2D eigenvalue weighted by Gasteiger charge is 2.35. The summed E-state index contributed by atoms with van der Waals surface area (Å²) in [4.78, 5) is 26.7. The van der Waals surface area contributed by atoms with Gasteiger partial charge >= 0.3 is 5.97 Å². The molecule has 0 spiro atoms. The number of ketones is 1. The lowest BCUT2D eigenvalue weighted by molar-refractivity contribution is -0.145. The van der Waals surface area contributed by atoms with Gasteiger partial charge in [-0.15, -0.1) is 11.8 Å². The zero-order chi connectivity index (χ0) is 20.9. The molecular formula is C26H30O3S. The van der Waals surface area contributed by atoms with E-state index in [1.165, 1.54) is 12.0 Å². The topological polar surface area (TPSA) is 43.4 Å². The molecule has 3 nitrogen and oxygen atoms in total. The molecule has 1 aliphatic carbocycles. The molecule has 0 radical (unpaired) electrons. The minimum atomic E-state index is -0.326. The summed E-state index contributed by atoms with van der Waals surface area (Å²) >= 11 is 1.79. The fraction of sp³-hybridized carbons (Fsp3) is 0.462. The van der Waals surface area contributed by atoms with Gasteiger partial charge in [-0.3, -0.25) is 9.59 Å². The maximum Gasteiger partial charge on any atom is 0.313 e. The summed E-state index contributed by atoms with van der Waals surface area (Å²) in [6.45, 7) is 2.32. The quantitative estimate of drug-likeness (QED) is 0.419. The molecule has 0 N–H and O–H groups in total. The van der Waals surface area contributed by atoms with Crippen molar-refractivity contribution >= 4 is 23.5 Å². The Kier molecular flexibility index (Phi) is 6.93. The molecule has 2 aromatic carbocycles. The number of Topliss-reactive ketones (excluding diaryl/α,β-unsaturated/α-hetero) is 1. The Hall–Kier alpha value is -2.07. The summed E-state index contributed by atoms with van der Waals surface area (Å²) in [5.74, 6) is 1.48. The Morgan fingerprint density at radius 2 is 1.93 bits per heavy atom. The monoisotopic (exact) mass is 422 g/mol. The van der Waals surface area contributed by atoms with E-state index in [0.29, 0.717) is 18.3 Å². The molecule has 30 heavy (non-hydrogen) atoms. The van der Waals surface area contributed by atoms with Crippen molar-refractivity contribution in [1.29, 1.82) is 0 Å². The fourth-order valence-electron chi connectivity index (χ4n) is 4.63. The molecule has 1 saturated carbocycles. The van der Waals surface area contributed by atoms with Crippen molar-refractivity contribution in [2.24, 2.45) is 11.8 Å². The van der Waals surface area contributed by atoms with Gasteiger partial charge in [-0.25, -0.2) is 0 Å². The predicted octanol–water partition coefficient (Wildman–Crippen LogP) is 6.06. The first-order valence-electron chi connectivity index (χ1n) is 11.1. The number of benzene rings is 2. The minimum absolute atomic E-state index is 0.186. The molecule has 3 atom stereocenters. The average molecular weight is 423 g/mol. The number of hydrogen-bond donors (Lipinski definition) is 0. The summed E-state index contributed by atoms with van der Waals surface area (Å²) in [5.41, 5.74) is 3.04. The molecule has 1 fully saturated rings. The highest BCUT2D eigenvalue weighted by molar-refractivity contribution is 7.99. The van der Waals surface area contributed by atoms with Gasteiger partial charge in [0.15, 0.2) is 5.78 Å². The van der Waals surface area contributed by atoms with Gasteiger partial charge < -0.3 is 4.74 Å². The van der Waals surface area contributed by atoms with Crippen LogP contribution in [0.5, 0.6) is 0 Å². The van der Waals surface area contributed by atoms with E-state index in [2.05, 4.69) is 12.1 Å². The van der Waals surface area contributed by atoms with Gasteiger partial charge in [0.1, 0.15) is 0 Å². The molecule has 4 heteroatoms. The van der Waals surface area contributed by atoms with E-state index in [0.717, 1.165) is 53.9 Å². The van der Waals surface area contributed by atoms with Crippen LogP contribution in [-0.2, 0) is 16.0 Å². The number of thioether (sulfide) groups is 1. The van der Waals surface area contributed by atoms with Crippen molar-refractivity contribution in [1.82, 2.24) is 0 Å². The highest BCUT2D eigenvalue weighted by atomic mass is 32.2. The lowest BCUT2D eigenvalue weighted by Gasteiger charge is -2.28. The number of fused-ring (bicyclic) bond motifs is 2. The zero-order valence-electron chi connectivity index (χ0n) is 17.6. The largest absolute Gasteiger partial charge is 0.465 e. The fourth-order valence-corrected chi connectivity index (χ4v) is 5.97. The van der Waals surface area contributed by atoms with Crippen LogP contribution in [0.15, 0.2) is 53.4 Å². The predicted molar refractivity (Wildman–Crippen MR) is 121 cm³/mol.